The molecule has 1 heteroatoms. The smallest absolute Gasteiger partial charge is 0.135 e. The molecule has 1 heterocycles. The summed E-state index contributed by atoms with van der Waals surface area (Å²) in [6, 6.07) is 33.5. The maximum atomic E-state index is 6.87. The molecule has 0 bridgehead atoms. The van der Waals surface area contributed by atoms with Gasteiger partial charge in [-0.05, 0) is 92.1 Å². The molecule has 262 valence electrons. The molecular formula is C54H40O. The van der Waals surface area contributed by atoms with Gasteiger partial charge in [0.1, 0.15) is 11.3 Å². The highest BCUT2D eigenvalue weighted by Crippen LogP contribution is 2.51. The van der Waals surface area contributed by atoms with E-state index in [2.05, 4.69) is 206 Å². The first kappa shape index (κ1) is 32.0. The Morgan fingerprint density at radius 2 is 0.982 bits per heavy atom. The summed E-state index contributed by atoms with van der Waals surface area (Å²) in [5.41, 5.74) is 14.7. The number of hydrogen-bond donors (Lipinski definition) is 0. The van der Waals surface area contributed by atoms with Crippen LogP contribution >= 0.6 is 0 Å². The molecule has 0 N–H and O–H groups in total. The van der Waals surface area contributed by atoms with Crippen molar-refractivity contribution in [3.05, 3.63) is 228 Å². The highest BCUT2D eigenvalue weighted by Gasteiger charge is 2.35. The van der Waals surface area contributed by atoms with Crippen molar-refractivity contribution < 1.29 is 4.42 Å². The van der Waals surface area contributed by atoms with E-state index in [0.717, 1.165) is 11.3 Å². The average Bonchev–Trinajstić information content (AvgIpc) is 3.65. The van der Waals surface area contributed by atoms with Gasteiger partial charge in [0.15, 0.2) is 0 Å². The van der Waals surface area contributed by atoms with Crippen LogP contribution in [0.5, 0.6) is 0 Å². The average molecular weight is 705 g/mol. The fourth-order valence-electron chi connectivity index (χ4n) is 9.53. The maximum Gasteiger partial charge on any atom is 0.135 e. The molecule has 0 fully saturated rings. The molecular weight excluding hydrogens is 665 g/mol. The van der Waals surface area contributed by atoms with Gasteiger partial charge in [0.05, 0.1) is 0 Å². The third kappa shape index (κ3) is 5.62. The van der Waals surface area contributed by atoms with Gasteiger partial charge in [-0.25, -0.2) is 0 Å². The molecule has 0 spiro atoms. The van der Waals surface area contributed by atoms with Gasteiger partial charge in [0.25, 0.3) is 0 Å². The van der Waals surface area contributed by atoms with Crippen LogP contribution in [0.1, 0.15) is 33.9 Å². The second kappa shape index (κ2) is 13.1. The molecule has 11 rings (SSSR count). The van der Waals surface area contributed by atoms with E-state index in [-0.39, 0.29) is 11.8 Å². The van der Waals surface area contributed by atoms with E-state index in [0.29, 0.717) is 23.7 Å². The Labute approximate surface area is 323 Å². The highest BCUT2D eigenvalue weighted by atomic mass is 16.3. The molecule has 0 saturated heterocycles. The van der Waals surface area contributed by atoms with Gasteiger partial charge in [-0.1, -0.05) is 170 Å². The van der Waals surface area contributed by atoms with Crippen LogP contribution < -0.4 is 0 Å². The molecule has 0 amide bonds. The fraction of sp³-hybridized carbons (Fsp3) is 0.111. The van der Waals surface area contributed by atoms with E-state index < -0.39 is 0 Å². The molecule has 6 aliphatic carbocycles. The number of furan rings is 1. The third-order valence-corrected chi connectivity index (χ3v) is 12.3. The van der Waals surface area contributed by atoms with Crippen molar-refractivity contribution in [2.45, 2.75) is 5.92 Å². The fourth-order valence-corrected chi connectivity index (χ4v) is 9.53. The third-order valence-electron chi connectivity index (χ3n) is 12.3. The minimum absolute atomic E-state index is 0.157. The van der Waals surface area contributed by atoms with E-state index in [1.54, 1.807) is 0 Å². The second-order valence-electron chi connectivity index (χ2n) is 15.5. The summed E-state index contributed by atoms with van der Waals surface area (Å²) in [6.07, 6.45) is 43.8. The van der Waals surface area contributed by atoms with Crippen LogP contribution in [0.4, 0.5) is 0 Å². The number of hydrogen-bond acceptors (Lipinski definition) is 1. The van der Waals surface area contributed by atoms with Crippen LogP contribution in [0.15, 0.2) is 205 Å². The van der Waals surface area contributed by atoms with Crippen LogP contribution in [0.25, 0.3) is 56.0 Å². The Morgan fingerprint density at radius 1 is 0.418 bits per heavy atom. The van der Waals surface area contributed by atoms with Gasteiger partial charge in [-0.15, -0.1) is 0 Å². The van der Waals surface area contributed by atoms with E-state index in [1.165, 1.54) is 66.6 Å². The van der Waals surface area contributed by atoms with E-state index in [9.17, 15) is 0 Å². The molecule has 1 nitrogen and oxygen atoms in total. The van der Waals surface area contributed by atoms with Crippen molar-refractivity contribution in [2.75, 3.05) is 0 Å². The summed E-state index contributed by atoms with van der Waals surface area (Å²) in [5, 5.41) is 1.21. The zero-order valence-electron chi connectivity index (χ0n) is 30.5. The summed E-state index contributed by atoms with van der Waals surface area (Å²) >= 11 is 0. The summed E-state index contributed by atoms with van der Waals surface area (Å²) in [7, 11) is 0. The molecule has 0 saturated carbocycles. The molecule has 4 aromatic carbocycles. The Balaban J connectivity index is 1.07. The monoisotopic (exact) mass is 704 g/mol. The van der Waals surface area contributed by atoms with Gasteiger partial charge in [0.2, 0.25) is 0 Å². The summed E-state index contributed by atoms with van der Waals surface area (Å²) in [6.45, 7) is 0. The Kier molecular flexibility index (Phi) is 7.66. The Morgan fingerprint density at radius 3 is 1.69 bits per heavy atom. The van der Waals surface area contributed by atoms with Gasteiger partial charge in [-0.2, -0.15) is 0 Å². The van der Waals surface area contributed by atoms with Crippen LogP contribution in [0.2, 0.25) is 0 Å². The van der Waals surface area contributed by atoms with Crippen LogP contribution in [0, 0.1) is 29.6 Å². The van der Waals surface area contributed by atoms with Crippen LogP contribution in [0.3, 0.4) is 0 Å². The van der Waals surface area contributed by atoms with Crippen molar-refractivity contribution in [1.29, 1.82) is 0 Å². The standard InChI is InChI=1S/C54H40O/c1-2-12-35(13-3-1)40-18-10-19-43(30-40)50-34-52-54(49-21-9-8-20-48(49)50)53-47(22-11-23-51(53)55-52)46-32-44(41-26-24-36-14-4-6-16-38(36)28-41)31-45(33-46)42-27-25-37-15-5-7-17-39(37)29-42/h1-34,36-39,48-49H. The first-order chi connectivity index (χ1) is 27.2. The first-order valence-corrected chi connectivity index (χ1v) is 19.7. The number of benzene rings is 4. The topological polar surface area (TPSA) is 13.1 Å². The Hall–Kier alpha value is -6.44. The van der Waals surface area contributed by atoms with Crippen molar-refractivity contribution >= 4 is 33.8 Å². The summed E-state index contributed by atoms with van der Waals surface area (Å²) < 4.78 is 6.87. The van der Waals surface area contributed by atoms with Crippen LogP contribution in [-0.2, 0) is 0 Å². The zero-order chi connectivity index (χ0) is 36.3. The van der Waals surface area contributed by atoms with Gasteiger partial charge in [0, 0.05) is 46.5 Å². The summed E-state index contributed by atoms with van der Waals surface area (Å²) in [5.74, 6) is 2.88. The molecule has 0 radical (unpaired) electrons. The first-order valence-electron chi connectivity index (χ1n) is 19.7. The van der Waals surface area contributed by atoms with E-state index >= 15 is 0 Å². The molecule has 6 unspecified atom stereocenters. The lowest BCUT2D eigenvalue weighted by Gasteiger charge is -2.31. The molecule has 55 heavy (non-hydrogen) atoms. The second-order valence-corrected chi connectivity index (χ2v) is 15.5. The van der Waals surface area contributed by atoms with Gasteiger partial charge in [-0.3, -0.25) is 0 Å². The predicted octanol–water partition coefficient (Wildman–Crippen LogP) is 13.8. The van der Waals surface area contributed by atoms with E-state index in [4.69, 9.17) is 4.42 Å². The van der Waals surface area contributed by atoms with Crippen molar-refractivity contribution in [3.63, 3.8) is 0 Å². The number of fused-ring (bicyclic) bond motifs is 7. The predicted molar refractivity (Wildman–Crippen MR) is 231 cm³/mol. The molecule has 0 aliphatic heterocycles. The quantitative estimate of drug-likeness (QED) is 0.178. The molecule has 6 atom stereocenters. The lowest BCUT2D eigenvalue weighted by molar-refractivity contribution is 0.581. The summed E-state index contributed by atoms with van der Waals surface area (Å²) in [4.78, 5) is 0. The van der Waals surface area contributed by atoms with Crippen molar-refractivity contribution in [3.8, 4) is 22.3 Å². The van der Waals surface area contributed by atoms with Crippen molar-refractivity contribution in [1.82, 2.24) is 0 Å². The lowest BCUT2D eigenvalue weighted by Crippen LogP contribution is -2.17. The SMILES string of the molecule is C1=CC2C=CC(c3cc(C4=CC5C=CC=CC5C=C4)cc(-c4cccc5oc6c(c45)C4C=CC=CC4C(c4cccc(-c5ccccc5)c4)=C6)c3)=CC2C=C1. The Bertz CT molecular complexity index is 2650. The van der Waals surface area contributed by atoms with Crippen molar-refractivity contribution in [2.24, 2.45) is 29.6 Å². The van der Waals surface area contributed by atoms with Crippen LogP contribution in [-0.4, -0.2) is 0 Å². The normalized spacial score (nSPS) is 25.2. The lowest BCUT2D eigenvalue weighted by atomic mass is 9.71. The molecule has 1 aromatic heterocycles. The zero-order valence-corrected chi connectivity index (χ0v) is 30.5. The minimum atomic E-state index is 0.157. The van der Waals surface area contributed by atoms with Gasteiger partial charge >= 0.3 is 0 Å². The molecule has 5 aromatic rings. The largest absolute Gasteiger partial charge is 0.456 e. The van der Waals surface area contributed by atoms with Gasteiger partial charge < -0.3 is 4.42 Å². The maximum absolute atomic E-state index is 6.87. The molecule has 6 aliphatic rings. The highest BCUT2D eigenvalue weighted by molar-refractivity contribution is 6.03. The number of rotatable bonds is 5. The number of allylic oxidation sites excluding steroid dienone is 21. The minimum Gasteiger partial charge on any atom is -0.456 e. The van der Waals surface area contributed by atoms with E-state index in [1.807, 2.05) is 0 Å².